The maximum Gasteiger partial charge on any atom is 0.177 e. The van der Waals surface area contributed by atoms with E-state index < -0.39 is 0 Å². The minimum atomic E-state index is 0.170. The van der Waals surface area contributed by atoms with Crippen molar-refractivity contribution in [1.29, 1.82) is 0 Å². The molecular weight excluding hydrogens is 294 g/mol. The van der Waals surface area contributed by atoms with E-state index in [2.05, 4.69) is 62.9 Å². The number of hydrogen-bond donors (Lipinski definition) is 0. The number of aryl methyl sites for hydroxylation is 2. The highest BCUT2D eigenvalue weighted by Crippen LogP contribution is 2.22. The summed E-state index contributed by atoms with van der Waals surface area (Å²) in [5.74, 6) is 0.182. The highest BCUT2D eigenvalue weighted by molar-refractivity contribution is 5.98. The first-order valence-corrected chi connectivity index (χ1v) is 8.55. The predicted octanol–water partition coefficient (Wildman–Crippen LogP) is 4.92. The summed E-state index contributed by atoms with van der Waals surface area (Å²) in [5.41, 5.74) is 5.82. The molecule has 2 heteroatoms. The van der Waals surface area contributed by atoms with Crippen molar-refractivity contribution in [3.63, 3.8) is 0 Å². The van der Waals surface area contributed by atoms with Crippen LogP contribution in [-0.4, -0.2) is 24.3 Å². The second-order valence-electron chi connectivity index (χ2n) is 7.86. The molecule has 0 heterocycles. The van der Waals surface area contributed by atoms with Gasteiger partial charge in [-0.15, -0.1) is 0 Å². The zero-order chi connectivity index (χ0) is 17.9. The molecule has 0 atom stereocenters. The summed E-state index contributed by atoms with van der Waals surface area (Å²) in [7, 11) is 2.00. The van der Waals surface area contributed by atoms with Gasteiger partial charge in [-0.05, 0) is 43.0 Å². The lowest BCUT2D eigenvalue weighted by Gasteiger charge is -2.20. The maximum atomic E-state index is 12.5. The summed E-state index contributed by atoms with van der Waals surface area (Å²) in [6, 6.07) is 14.7. The molecule has 2 rings (SSSR count). The first kappa shape index (κ1) is 18.4. The lowest BCUT2D eigenvalue weighted by Crippen LogP contribution is -2.26. The van der Waals surface area contributed by atoms with Gasteiger partial charge in [0.15, 0.2) is 5.78 Å². The van der Waals surface area contributed by atoms with Crippen LogP contribution in [0.1, 0.15) is 53.4 Å². The molecular formula is C22H29NO. The minimum absolute atomic E-state index is 0.170. The van der Waals surface area contributed by atoms with E-state index in [4.69, 9.17) is 0 Å². The van der Waals surface area contributed by atoms with Crippen LogP contribution in [0.3, 0.4) is 0 Å². The summed E-state index contributed by atoms with van der Waals surface area (Å²) in [5, 5.41) is 0. The van der Waals surface area contributed by atoms with Gasteiger partial charge in [0, 0.05) is 12.1 Å². The standard InChI is InChI=1S/C22H29NO/c1-16-7-12-20(17(2)13-16)21(24)15-23(6)14-18-8-10-19(11-9-18)22(3,4)5/h7-13H,14-15H2,1-6H3. The van der Waals surface area contributed by atoms with E-state index in [0.29, 0.717) is 6.54 Å². The molecule has 0 saturated carbocycles. The Balaban J connectivity index is 2.00. The van der Waals surface area contributed by atoms with Gasteiger partial charge in [0.2, 0.25) is 0 Å². The first-order valence-electron chi connectivity index (χ1n) is 8.55. The van der Waals surface area contributed by atoms with E-state index in [9.17, 15) is 4.79 Å². The second-order valence-corrected chi connectivity index (χ2v) is 7.86. The van der Waals surface area contributed by atoms with Gasteiger partial charge in [-0.25, -0.2) is 0 Å². The van der Waals surface area contributed by atoms with Crippen molar-refractivity contribution in [1.82, 2.24) is 4.90 Å². The Bertz CT molecular complexity index is 708. The molecule has 0 amide bonds. The van der Waals surface area contributed by atoms with Gasteiger partial charge in [0.05, 0.1) is 6.54 Å². The molecule has 0 spiro atoms. The van der Waals surface area contributed by atoms with E-state index in [1.807, 2.05) is 26.1 Å². The van der Waals surface area contributed by atoms with E-state index in [-0.39, 0.29) is 11.2 Å². The molecule has 0 saturated heterocycles. The van der Waals surface area contributed by atoms with Crippen LogP contribution in [0.4, 0.5) is 0 Å². The number of carbonyl (C=O) groups excluding carboxylic acids is 1. The highest BCUT2D eigenvalue weighted by Gasteiger charge is 2.14. The summed E-state index contributed by atoms with van der Waals surface area (Å²) in [6.07, 6.45) is 0. The fourth-order valence-corrected chi connectivity index (χ4v) is 2.93. The van der Waals surface area contributed by atoms with E-state index in [1.165, 1.54) is 16.7 Å². The average Bonchev–Trinajstić information content (AvgIpc) is 2.46. The molecule has 0 fully saturated rings. The molecule has 0 unspecified atom stereocenters. The fraction of sp³-hybridized carbons (Fsp3) is 0.409. The zero-order valence-electron chi connectivity index (χ0n) is 15.8. The van der Waals surface area contributed by atoms with E-state index in [1.54, 1.807) is 0 Å². The van der Waals surface area contributed by atoms with Crippen LogP contribution >= 0.6 is 0 Å². The van der Waals surface area contributed by atoms with Gasteiger partial charge in [-0.2, -0.15) is 0 Å². The lowest BCUT2D eigenvalue weighted by molar-refractivity contribution is 0.0942. The van der Waals surface area contributed by atoms with Gasteiger partial charge >= 0.3 is 0 Å². The molecule has 0 bridgehead atoms. The number of likely N-dealkylation sites (N-methyl/N-ethyl adjacent to an activating group) is 1. The molecule has 0 aliphatic heterocycles. The Morgan fingerprint density at radius 3 is 2.17 bits per heavy atom. The number of Topliss-reactive ketones (excluding diaryl/α,β-unsaturated/α-hetero) is 1. The topological polar surface area (TPSA) is 20.3 Å². The normalized spacial score (nSPS) is 11.8. The molecule has 2 nitrogen and oxygen atoms in total. The van der Waals surface area contributed by atoms with Crippen LogP contribution < -0.4 is 0 Å². The Morgan fingerprint density at radius 1 is 1.00 bits per heavy atom. The number of ketones is 1. The third-order valence-electron chi connectivity index (χ3n) is 4.37. The average molecular weight is 323 g/mol. The van der Waals surface area contributed by atoms with Crippen LogP contribution in [0.25, 0.3) is 0 Å². The Morgan fingerprint density at radius 2 is 1.62 bits per heavy atom. The Labute approximate surface area is 146 Å². The number of nitrogens with zero attached hydrogens (tertiary/aromatic N) is 1. The minimum Gasteiger partial charge on any atom is -0.295 e. The highest BCUT2D eigenvalue weighted by atomic mass is 16.1. The molecule has 2 aromatic carbocycles. The van der Waals surface area contributed by atoms with Gasteiger partial charge in [-0.1, -0.05) is 68.8 Å². The number of benzene rings is 2. The Hall–Kier alpha value is -1.93. The zero-order valence-corrected chi connectivity index (χ0v) is 15.8. The van der Waals surface area contributed by atoms with E-state index in [0.717, 1.165) is 17.7 Å². The second kappa shape index (κ2) is 7.31. The number of hydrogen-bond acceptors (Lipinski definition) is 2. The summed E-state index contributed by atoms with van der Waals surface area (Å²) < 4.78 is 0. The first-order chi connectivity index (χ1) is 11.2. The van der Waals surface area contributed by atoms with Crippen molar-refractivity contribution < 1.29 is 4.79 Å². The van der Waals surface area contributed by atoms with Gasteiger partial charge in [0.1, 0.15) is 0 Å². The van der Waals surface area contributed by atoms with Crippen molar-refractivity contribution in [3.05, 3.63) is 70.3 Å². The van der Waals surface area contributed by atoms with Gasteiger partial charge < -0.3 is 0 Å². The molecule has 0 N–H and O–H groups in total. The van der Waals surface area contributed by atoms with Crippen LogP contribution in [0, 0.1) is 13.8 Å². The third kappa shape index (κ3) is 4.78. The number of carbonyl (C=O) groups is 1. The summed E-state index contributed by atoms with van der Waals surface area (Å²) in [6.45, 7) is 11.9. The van der Waals surface area contributed by atoms with Crippen LogP contribution in [0.5, 0.6) is 0 Å². The quantitative estimate of drug-likeness (QED) is 0.728. The van der Waals surface area contributed by atoms with Crippen molar-refractivity contribution in [2.75, 3.05) is 13.6 Å². The van der Waals surface area contributed by atoms with Gasteiger partial charge in [-0.3, -0.25) is 9.69 Å². The fourth-order valence-electron chi connectivity index (χ4n) is 2.93. The smallest absolute Gasteiger partial charge is 0.177 e. The number of rotatable bonds is 5. The molecule has 24 heavy (non-hydrogen) atoms. The van der Waals surface area contributed by atoms with Crippen molar-refractivity contribution >= 4 is 5.78 Å². The molecule has 0 aliphatic carbocycles. The largest absolute Gasteiger partial charge is 0.295 e. The van der Waals surface area contributed by atoms with Crippen molar-refractivity contribution in [3.8, 4) is 0 Å². The van der Waals surface area contributed by atoms with Crippen molar-refractivity contribution in [2.45, 2.75) is 46.6 Å². The van der Waals surface area contributed by atoms with Crippen LogP contribution in [0.15, 0.2) is 42.5 Å². The maximum absolute atomic E-state index is 12.5. The van der Waals surface area contributed by atoms with Crippen molar-refractivity contribution in [2.24, 2.45) is 0 Å². The Kier molecular flexibility index (Phi) is 5.61. The summed E-state index contributed by atoms with van der Waals surface area (Å²) >= 11 is 0. The van der Waals surface area contributed by atoms with Gasteiger partial charge in [0.25, 0.3) is 0 Å². The molecule has 128 valence electrons. The monoisotopic (exact) mass is 323 g/mol. The third-order valence-corrected chi connectivity index (χ3v) is 4.37. The van der Waals surface area contributed by atoms with E-state index >= 15 is 0 Å². The molecule has 0 aromatic heterocycles. The van der Waals surface area contributed by atoms with Crippen LogP contribution in [-0.2, 0) is 12.0 Å². The SMILES string of the molecule is Cc1ccc(C(=O)CN(C)Cc2ccc(C(C)(C)C)cc2)c(C)c1. The molecule has 0 radical (unpaired) electrons. The van der Waals surface area contributed by atoms with Crippen LogP contribution in [0.2, 0.25) is 0 Å². The summed E-state index contributed by atoms with van der Waals surface area (Å²) in [4.78, 5) is 14.6. The predicted molar refractivity (Wildman–Crippen MR) is 102 cm³/mol. The molecule has 0 aliphatic rings. The lowest BCUT2D eigenvalue weighted by atomic mass is 9.87. The molecule has 2 aromatic rings.